The van der Waals surface area contributed by atoms with Crippen LogP contribution in [0.25, 0.3) is 11.3 Å². The summed E-state index contributed by atoms with van der Waals surface area (Å²) in [5.74, 6) is -0.251. The van der Waals surface area contributed by atoms with Crippen molar-refractivity contribution in [2.75, 3.05) is 0 Å². The first-order chi connectivity index (χ1) is 8.83. The monoisotopic (exact) mass is 243 g/mol. The van der Waals surface area contributed by atoms with E-state index < -0.39 is 0 Å². The summed E-state index contributed by atoms with van der Waals surface area (Å²) in [6.07, 6.45) is 5.03. The number of nitrogens with one attached hydrogen (secondary N) is 1. The first-order valence-electron chi connectivity index (χ1n) is 5.43. The Labute approximate surface area is 102 Å². The fourth-order valence-corrected chi connectivity index (χ4v) is 1.80. The lowest BCUT2D eigenvalue weighted by molar-refractivity contribution is 0.628. The molecule has 18 heavy (non-hydrogen) atoms. The summed E-state index contributed by atoms with van der Waals surface area (Å²) < 4.78 is 14.7. The van der Waals surface area contributed by atoms with Gasteiger partial charge in [0.15, 0.2) is 0 Å². The van der Waals surface area contributed by atoms with Gasteiger partial charge in [0.25, 0.3) is 0 Å². The number of aromatic nitrogens is 5. The predicted molar refractivity (Wildman–Crippen MR) is 63.1 cm³/mol. The summed E-state index contributed by atoms with van der Waals surface area (Å²) >= 11 is 0. The molecule has 0 aliphatic rings. The molecule has 3 rings (SSSR count). The number of hydrogen-bond acceptors (Lipinski definition) is 3. The average molecular weight is 243 g/mol. The van der Waals surface area contributed by atoms with Crippen molar-refractivity contribution in [1.82, 2.24) is 25.0 Å². The van der Waals surface area contributed by atoms with Crippen LogP contribution in [0.3, 0.4) is 0 Å². The number of aromatic amines is 1. The molecule has 1 N–H and O–H groups in total. The number of hydrogen-bond donors (Lipinski definition) is 1. The molecule has 0 radical (unpaired) electrons. The van der Waals surface area contributed by atoms with Gasteiger partial charge < -0.3 is 4.57 Å². The molecule has 0 aliphatic carbocycles. The minimum atomic E-state index is -0.251. The van der Waals surface area contributed by atoms with E-state index in [0.29, 0.717) is 6.54 Å². The van der Waals surface area contributed by atoms with Gasteiger partial charge in [0.1, 0.15) is 18.5 Å². The summed E-state index contributed by atoms with van der Waals surface area (Å²) in [5.41, 5.74) is 2.78. The van der Waals surface area contributed by atoms with Crippen LogP contribution in [0.15, 0.2) is 43.1 Å². The fourth-order valence-electron chi connectivity index (χ4n) is 1.80. The summed E-state index contributed by atoms with van der Waals surface area (Å²) in [7, 11) is 0. The van der Waals surface area contributed by atoms with Gasteiger partial charge >= 0.3 is 0 Å². The third-order valence-corrected chi connectivity index (χ3v) is 2.67. The summed E-state index contributed by atoms with van der Waals surface area (Å²) in [6.45, 7) is 0.621. The van der Waals surface area contributed by atoms with Crippen LogP contribution in [-0.4, -0.2) is 25.0 Å². The highest BCUT2D eigenvalue weighted by molar-refractivity contribution is 5.62. The molecule has 2 aromatic heterocycles. The van der Waals surface area contributed by atoms with Gasteiger partial charge in [-0.05, 0) is 24.3 Å². The lowest BCUT2D eigenvalue weighted by Crippen LogP contribution is -1.97. The number of rotatable bonds is 3. The lowest BCUT2D eigenvalue weighted by atomic mass is 10.1. The summed E-state index contributed by atoms with van der Waals surface area (Å²) in [5, 5.41) is 14.5. The van der Waals surface area contributed by atoms with Gasteiger partial charge in [0, 0.05) is 11.1 Å². The Kier molecular flexibility index (Phi) is 2.60. The number of halogens is 1. The van der Waals surface area contributed by atoms with Gasteiger partial charge in [0.05, 0.1) is 18.4 Å². The molecule has 0 spiro atoms. The van der Waals surface area contributed by atoms with Gasteiger partial charge in [-0.15, -0.1) is 10.2 Å². The first-order valence-corrected chi connectivity index (χ1v) is 5.43. The Morgan fingerprint density at radius 2 is 1.83 bits per heavy atom. The second kappa shape index (κ2) is 4.40. The molecule has 2 heterocycles. The van der Waals surface area contributed by atoms with E-state index in [4.69, 9.17) is 0 Å². The standard InChI is InChI=1S/C12H10FN5/c13-11-3-1-9(2-4-11)12-10(5-14-17-12)6-18-7-15-16-8-18/h1-5,7-8H,6H2,(H,14,17). The minimum Gasteiger partial charge on any atom is -0.316 e. The van der Waals surface area contributed by atoms with Crippen LogP contribution in [0.2, 0.25) is 0 Å². The van der Waals surface area contributed by atoms with Crippen molar-refractivity contribution < 1.29 is 4.39 Å². The number of benzene rings is 1. The lowest BCUT2D eigenvalue weighted by Gasteiger charge is -2.03. The smallest absolute Gasteiger partial charge is 0.123 e. The molecule has 0 unspecified atom stereocenters. The van der Waals surface area contributed by atoms with Crippen molar-refractivity contribution in [3.05, 3.63) is 54.5 Å². The molecule has 0 saturated heterocycles. The van der Waals surface area contributed by atoms with E-state index in [0.717, 1.165) is 16.8 Å². The molecule has 0 saturated carbocycles. The molecule has 0 atom stereocenters. The SMILES string of the molecule is Fc1ccc(-c2[nH]ncc2Cn2cnnc2)cc1. The van der Waals surface area contributed by atoms with Crippen molar-refractivity contribution in [3.63, 3.8) is 0 Å². The quantitative estimate of drug-likeness (QED) is 0.763. The van der Waals surface area contributed by atoms with E-state index in [2.05, 4.69) is 20.4 Å². The van der Waals surface area contributed by atoms with E-state index in [1.54, 1.807) is 31.0 Å². The van der Waals surface area contributed by atoms with Gasteiger partial charge in [-0.25, -0.2) is 4.39 Å². The molecular weight excluding hydrogens is 233 g/mol. The Hall–Kier alpha value is -2.50. The van der Waals surface area contributed by atoms with Gasteiger partial charge in [-0.3, -0.25) is 5.10 Å². The molecule has 0 aliphatic heterocycles. The molecule has 5 nitrogen and oxygen atoms in total. The molecule has 0 bridgehead atoms. The molecule has 0 amide bonds. The van der Waals surface area contributed by atoms with Gasteiger partial charge in [-0.2, -0.15) is 5.10 Å². The second-order valence-corrected chi connectivity index (χ2v) is 3.91. The normalized spacial score (nSPS) is 10.7. The van der Waals surface area contributed by atoms with E-state index in [1.165, 1.54) is 12.1 Å². The van der Waals surface area contributed by atoms with E-state index in [1.807, 2.05) is 4.57 Å². The van der Waals surface area contributed by atoms with Crippen LogP contribution in [0.4, 0.5) is 4.39 Å². The maximum Gasteiger partial charge on any atom is 0.123 e. The van der Waals surface area contributed by atoms with Crippen LogP contribution in [0, 0.1) is 5.82 Å². The summed E-state index contributed by atoms with van der Waals surface area (Å²) in [4.78, 5) is 0. The molecule has 3 aromatic rings. The Morgan fingerprint density at radius 3 is 2.56 bits per heavy atom. The third kappa shape index (κ3) is 2.00. The van der Waals surface area contributed by atoms with Crippen LogP contribution in [0.5, 0.6) is 0 Å². The predicted octanol–water partition coefficient (Wildman–Crippen LogP) is 1.86. The topological polar surface area (TPSA) is 59.4 Å². The Bertz CT molecular complexity index is 627. The highest BCUT2D eigenvalue weighted by Gasteiger charge is 2.08. The molecule has 0 fully saturated rings. The molecular formula is C12H10FN5. The van der Waals surface area contributed by atoms with Gasteiger partial charge in [0.2, 0.25) is 0 Å². The van der Waals surface area contributed by atoms with Crippen molar-refractivity contribution in [2.24, 2.45) is 0 Å². The largest absolute Gasteiger partial charge is 0.316 e. The molecule has 6 heteroatoms. The van der Waals surface area contributed by atoms with Crippen molar-refractivity contribution in [3.8, 4) is 11.3 Å². The van der Waals surface area contributed by atoms with Crippen molar-refractivity contribution in [1.29, 1.82) is 0 Å². The van der Waals surface area contributed by atoms with Crippen LogP contribution in [0.1, 0.15) is 5.56 Å². The second-order valence-electron chi connectivity index (χ2n) is 3.91. The number of H-pyrrole nitrogens is 1. The zero-order chi connectivity index (χ0) is 12.4. The van der Waals surface area contributed by atoms with E-state index in [9.17, 15) is 4.39 Å². The van der Waals surface area contributed by atoms with Crippen LogP contribution < -0.4 is 0 Å². The number of nitrogens with zero attached hydrogens (tertiary/aromatic N) is 4. The third-order valence-electron chi connectivity index (χ3n) is 2.67. The maximum absolute atomic E-state index is 12.9. The zero-order valence-electron chi connectivity index (χ0n) is 9.42. The maximum atomic E-state index is 12.9. The average Bonchev–Trinajstić information content (AvgIpc) is 3.02. The van der Waals surface area contributed by atoms with E-state index >= 15 is 0 Å². The highest BCUT2D eigenvalue weighted by atomic mass is 19.1. The van der Waals surface area contributed by atoms with Crippen molar-refractivity contribution >= 4 is 0 Å². The molecule has 1 aromatic carbocycles. The van der Waals surface area contributed by atoms with E-state index in [-0.39, 0.29) is 5.82 Å². The fraction of sp³-hybridized carbons (Fsp3) is 0.0833. The van der Waals surface area contributed by atoms with Crippen molar-refractivity contribution in [2.45, 2.75) is 6.54 Å². The minimum absolute atomic E-state index is 0.251. The Balaban J connectivity index is 1.94. The first kappa shape index (κ1) is 10.6. The molecule has 90 valence electrons. The highest BCUT2D eigenvalue weighted by Crippen LogP contribution is 2.21. The van der Waals surface area contributed by atoms with Crippen LogP contribution >= 0.6 is 0 Å². The Morgan fingerprint density at radius 1 is 1.11 bits per heavy atom. The van der Waals surface area contributed by atoms with Gasteiger partial charge in [-0.1, -0.05) is 0 Å². The van der Waals surface area contributed by atoms with Crippen LogP contribution in [-0.2, 0) is 6.54 Å². The zero-order valence-corrected chi connectivity index (χ0v) is 9.42. The summed E-state index contributed by atoms with van der Waals surface area (Å²) in [6, 6.07) is 6.30.